The Hall–Kier alpha value is -0.450. The summed E-state index contributed by atoms with van der Waals surface area (Å²) in [4.78, 5) is 12.8. The lowest BCUT2D eigenvalue weighted by Crippen LogP contribution is -2.03. The molecular formula is C11H14O2S2. The molecule has 82 valence electrons. The van der Waals surface area contributed by atoms with Crippen LogP contribution in [0, 0.1) is 0 Å². The second kappa shape index (κ2) is 6.93. The average molecular weight is 242 g/mol. The van der Waals surface area contributed by atoms with Gasteiger partial charge in [0.1, 0.15) is 0 Å². The van der Waals surface area contributed by atoms with Crippen LogP contribution in [0.25, 0.3) is 0 Å². The van der Waals surface area contributed by atoms with Crippen molar-refractivity contribution in [3.05, 3.63) is 29.8 Å². The first-order valence-corrected chi connectivity index (χ1v) is 7.01. The van der Waals surface area contributed by atoms with Gasteiger partial charge >= 0.3 is 0 Å². The van der Waals surface area contributed by atoms with E-state index in [1.807, 2.05) is 30.5 Å². The summed E-state index contributed by atoms with van der Waals surface area (Å²) in [5.41, 5.74) is 0.748. The fraction of sp³-hybridized carbons (Fsp3) is 0.364. The number of Topliss-reactive ketones (excluding diaryl/α,β-unsaturated/α-hetero) is 1. The number of aliphatic hydroxyl groups is 1. The molecule has 0 fully saturated rings. The highest BCUT2D eigenvalue weighted by Crippen LogP contribution is 2.16. The first-order chi connectivity index (χ1) is 7.27. The summed E-state index contributed by atoms with van der Waals surface area (Å²) in [7, 11) is 0. The maximum absolute atomic E-state index is 11.6. The van der Waals surface area contributed by atoms with Crippen LogP contribution in [0.5, 0.6) is 0 Å². The van der Waals surface area contributed by atoms with Crippen molar-refractivity contribution in [2.45, 2.75) is 4.90 Å². The van der Waals surface area contributed by atoms with E-state index in [-0.39, 0.29) is 12.4 Å². The summed E-state index contributed by atoms with van der Waals surface area (Å²) >= 11 is 3.12. The molecule has 0 unspecified atom stereocenters. The molecule has 0 aromatic heterocycles. The number of hydrogen-bond donors (Lipinski definition) is 1. The minimum absolute atomic E-state index is 0.126. The highest BCUT2D eigenvalue weighted by molar-refractivity contribution is 8.00. The van der Waals surface area contributed by atoms with Crippen molar-refractivity contribution in [3.63, 3.8) is 0 Å². The monoisotopic (exact) mass is 242 g/mol. The maximum Gasteiger partial charge on any atom is 0.172 e. The predicted molar refractivity (Wildman–Crippen MR) is 67.0 cm³/mol. The Morgan fingerprint density at radius 3 is 2.53 bits per heavy atom. The third kappa shape index (κ3) is 4.28. The third-order valence-corrected chi connectivity index (χ3v) is 3.56. The average Bonchev–Trinajstić information content (AvgIpc) is 2.29. The van der Waals surface area contributed by atoms with Crippen LogP contribution in [0.3, 0.4) is 0 Å². The van der Waals surface area contributed by atoms with Crippen LogP contribution in [0.2, 0.25) is 0 Å². The van der Waals surface area contributed by atoms with Crippen molar-refractivity contribution < 1.29 is 9.90 Å². The number of thioether (sulfide) groups is 2. The molecule has 0 spiro atoms. The normalized spacial score (nSPS) is 10.3. The number of hydrogen-bond acceptors (Lipinski definition) is 4. The molecule has 2 nitrogen and oxygen atoms in total. The molecule has 0 amide bonds. The Balaban J connectivity index is 2.50. The molecule has 1 N–H and O–H groups in total. The molecule has 0 radical (unpaired) electrons. The van der Waals surface area contributed by atoms with Gasteiger partial charge in [-0.1, -0.05) is 12.1 Å². The molecular weight excluding hydrogens is 228 g/mol. The topological polar surface area (TPSA) is 37.3 Å². The summed E-state index contributed by atoms with van der Waals surface area (Å²) in [6.07, 6.45) is 2.01. The minimum atomic E-state index is 0.126. The number of rotatable bonds is 6. The molecule has 1 rings (SSSR count). The molecule has 1 aromatic carbocycles. The van der Waals surface area contributed by atoms with Crippen molar-refractivity contribution >= 4 is 29.3 Å². The van der Waals surface area contributed by atoms with Crippen molar-refractivity contribution in [2.24, 2.45) is 0 Å². The zero-order valence-corrected chi connectivity index (χ0v) is 10.2. The predicted octanol–water partition coefficient (Wildman–Crippen LogP) is 2.32. The van der Waals surface area contributed by atoms with Crippen molar-refractivity contribution in [2.75, 3.05) is 24.4 Å². The fourth-order valence-electron chi connectivity index (χ4n) is 1.09. The Labute approximate surface area is 98.5 Å². The van der Waals surface area contributed by atoms with Crippen LogP contribution in [-0.2, 0) is 0 Å². The lowest BCUT2D eigenvalue weighted by molar-refractivity contribution is 0.102. The summed E-state index contributed by atoms with van der Waals surface area (Å²) in [6, 6.07) is 7.62. The lowest BCUT2D eigenvalue weighted by Gasteiger charge is -2.01. The Kier molecular flexibility index (Phi) is 5.83. The molecule has 4 heteroatoms. The van der Waals surface area contributed by atoms with Crippen molar-refractivity contribution in [1.29, 1.82) is 0 Å². The quantitative estimate of drug-likeness (QED) is 0.472. The smallest absolute Gasteiger partial charge is 0.172 e. The number of ketones is 1. The maximum atomic E-state index is 11.6. The highest BCUT2D eigenvalue weighted by atomic mass is 32.2. The standard InChI is InChI=1S/C11H14O2S2/c1-14-10-4-2-9(3-5-10)11(13)8-15-7-6-12/h2-5,12H,6-8H2,1H3. The first-order valence-electron chi connectivity index (χ1n) is 4.63. The minimum Gasteiger partial charge on any atom is -0.396 e. The second-order valence-corrected chi connectivity index (χ2v) is 4.91. The van der Waals surface area contributed by atoms with E-state index in [1.54, 1.807) is 11.8 Å². The molecule has 0 heterocycles. The van der Waals surface area contributed by atoms with Gasteiger partial charge in [0.15, 0.2) is 5.78 Å². The van der Waals surface area contributed by atoms with Gasteiger partial charge in [-0.25, -0.2) is 0 Å². The highest BCUT2D eigenvalue weighted by Gasteiger charge is 2.05. The SMILES string of the molecule is CSc1ccc(C(=O)CSCCO)cc1. The number of carbonyl (C=O) groups is 1. The van der Waals surface area contributed by atoms with E-state index in [0.29, 0.717) is 11.5 Å². The van der Waals surface area contributed by atoms with E-state index >= 15 is 0 Å². The van der Waals surface area contributed by atoms with Crippen LogP contribution in [0.4, 0.5) is 0 Å². The van der Waals surface area contributed by atoms with Crippen molar-refractivity contribution in [3.8, 4) is 0 Å². The lowest BCUT2D eigenvalue weighted by atomic mass is 10.1. The summed E-state index contributed by atoms with van der Waals surface area (Å²) < 4.78 is 0. The fourth-order valence-corrected chi connectivity index (χ4v) is 2.12. The summed E-state index contributed by atoms with van der Waals surface area (Å²) in [5, 5.41) is 8.58. The molecule has 0 aliphatic rings. The van der Waals surface area contributed by atoms with Crippen LogP contribution in [-0.4, -0.2) is 35.3 Å². The molecule has 0 aliphatic carbocycles. The van der Waals surface area contributed by atoms with Crippen molar-refractivity contribution in [1.82, 2.24) is 0 Å². The summed E-state index contributed by atoms with van der Waals surface area (Å²) in [5.74, 6) is 1.19. The molecule has 0 saturated heterocycles. The third-order valence-electron chi connectivity index (χ3n) is 1.88. The van der Waals surface area contributed by atoms with Gasteiger partial charge in [-0.05, 0) is 18.4 Å². The molecule has 0 aliphatic heterocycles. The van der Waals surface area contributed by atoms with E-state index in [2.05, 4.69) is 0 Å². The van der Waals surface area contributed by atoms with Gasteiger partial charge in [0.25, 0.3) is 0 Å². The van der Waals surface area contributed by atoms with Gasteiger partial charge in [0, 0.05) is 16.2 Å². The van der Waals surface area contributed by atoms with Crippen LogP contribution in [0.1, 0.15) is 10.4 Å². The van der Waals surface area contributed by atoms with Gasteiger partial charge in [0.2, 0.25) is 0 Å². The Bertz CT molecular complexity index is 309. The van der Waals surface area contributed by atoms with Gasteiger partial charge < -0.3 is 5.11 Å². The zero-order valence-electron chi connectivity index (χ0n) is 8.60. The largest absolute Gasteiger partial charge is 0.396 e. The molecule has 1 aromatic rings. The van der Waals surface area contributed by atoms with E-state index in [0.717, 1.165) is 10.5 Å². The molecule has 0 saturated carbocycles. The van der Waals surface area contributed by atoms with Gasteiger partial charge in [-0.3, -0.25) is 4.79 Å². The second-order valence-electron chi connectivity index (χ2n) is 2.93. The number of aliphatic hydroxyl groups excluding tert-OH is 1. The van der Waals surface area contributed by atoms with Gasteiger partial charge in [-0.15, -0.1) is 11.8 Å². The van der Waals surface area contributed by atoms with E-state index in [9.17, 15) is 4.79 Å². The van der Waals surface area contributed by atoms with E-state index < -0.39 is 0 Å². The van der Waals surface area contributed by atoms with Crippen LogP contribution < -0.4 is 0 Å². The van der Waals surface area contributed by atoms with Gasteiger partial charge in [-0.2, -0.15) is 11.8 Å². The van der Waals surface area contributed by atoms with Gasteiger partial charge in [0.05, 0.1) is 12.4 Å². The number of carbonyl (C=O) groups excluding carboxylic acids is 1. The Morgan fingerprint density at radius 1 is 1.33 bits per heavy atom. The zero-order chi connectivity index (χ0) is 11.1. The molecule has 15 heavy (non-hydrogen) atoms. The Morgan fingerprint density at radius 2 is 2.00 bits per heavy atom. The first kappa shape index (κ1) is 12.6. The summed E-state index contributed by atoms with van der Waals surface area (Å²) in [6.45, 7) is 0.128. The van der Waals surface area contributed by atoms with E-state index in [1.165, 1.54) is 11.8 Å². The molecule has 0 bridgehead atoms. The van der Waals surface area contributed by atoms with Crippen LogP contribution >= 0.6 is 23.5 Å². The molecule has 0 atom stereocenters. The van der Waals surface area contributed by atoms with Crippen LogP contribution in [0.15, 0.2) is 29.2 Å². The van der Waals surface area contributed by atoms with E-state index in [4.69, 9.17) is 5.11 Å². The number of benzene rings is 1.